The molecule has 2 aromatic rings. The second-order valence-corrected chi connectivity index (χ2v) is 5.91. The maximum atomic E-state index is 12.5. The van der Waals surface area contributed by atoms with E-state index in [0.717, 1.165) is 5.56 Å². The molecule has 110 valence electrons. The lowest BCUT2D eigenvalue weighted by atomic mass is 10.1. The van der Waals surface area contributed by atoms with Gasteiger partial charge in [-0.2, -0.15) is 0 Å². The van der Waals surface area contributed by atoms with Gasteiger partial charge in [0.15, 0.2) is 0 Å². The molecule has 3 rings (SSSR count). The van der Waals surface area contributed by atoms with E-state index in [0.29, 0.717) is 25.3 Å². The van der Waals surface area contributed by atoms with E-state index < -0.39 is 0 Å². The first kappa shape index (κ1) is 14.3. The van der Waals surface area contributed by atoms with Crippen LogP contribution in [0.5, 0.6) is 0 Å². The Morgan fingerprint density at radius 3 is 2.81 bits per heavy atom. The van der Waals surface area contributed by atoms with Crippen LogP contribution in [0, 0.1) is 0 Å². The summed E-state index contributed by atoms with van der Waals surface area (Å²) in [7, 11) is 0. The smallest absolute Gasteiger partial charge is 0.254 e. The minimum absolute atomic E-state index is 0.0462. The zero-order valence-corrected chi connectivity index (χ0v) is 12.4. The lowest BCUT2D eigenvalue weighted by molar-refractivity contribution is -0.0183. The van der Waals surface area contributed by atoms with Gasteiger partial charge in [0.05, 0.1) is 25.9 Å². The second-order valence-electron chi connectivity index (χ2n) is 4.96. The van der Waals surface area contributed by atoms with E-state index in [2.05, 4.69) is 6.07 Å². The summed E-state index contributed by atoms with van der Waals surface area (Å²) in [5, 5.41) is 11.4. The predicted octanol–water partition coefficient (Wildman–Crippen LogP) is 2.25. The highest BCUT2D eigenvalue weighted by molar-refractivity contribution is 7.13. The van der Waals surface area contributed by atoms with Crippen LogP contribution in [-0.2, 0) is 4.74 Å². The Bertz CT molecular complexity index is 594. The summed E-state index contributed by atoms with van der Waals surface area (Å²) in [6, 6.07) is 11.5. The fraction of sp³-hybridized carbons (Fsp3) is 0.312. The molecule has 1 atom stereocenters. The van der Waals surface area contributed by atoms with Gasteiger partial charge in [0.1, 0.15) is 0 Å². The highest BCUT2D eigenvalue weighted by Crippen LogP contribution is 2.25. The zero-order valence-electron chi connectivity index (χ0n) is 11.6. The molecule has 1 saturated heterocycles. The van der Waals surface area contributed by atoms with Crippen LogP contribution in [0.25, 0.3) is 10.4 Å². The first-order valence-corrected chi connectivity index (χ1v) is 7.81. The lowest BCUT2D eigenvalue weighted by Gasteiger charge is -2.34. The molecule has 0 radical (unpaired) electrons. The van der Waals surface area contributed by atoms with Gasteiger partial charge in [-0.3, -0.25) is 4.79 Å². The topological polar surface area (TPSA) is 49.8 Å². The molecule has 21 heavy (non-hydrogen) atoms. The van der Waals surface area contributed by atoms with Crippen molar-refractivity contribution in [2.45, 2.75) is 6.04 Å². The van der Waals surface area contributed by atoms with Crippen molar-refractivity contribution in [2.24, 2.45) is 0 Å². The molecule has 5 heteroatoms. The largest absolute Gasteiger partial charge is 0.394 e. The third kappa shape index (κ3) is 3.00. The average molecular weight is 303 g/mol. The van der Waals surface area contributed by atoms with Crippen LogP contribution in [0.1, 0.15) is 10.4 Å². The van der Waals surface area contributed by atoms with E-state index in [9.17, 15) is 9.90 Å². The summed E-state index contributed by atoms with van der Waals surface area (Å²) >= 11 is 1.68. The number of rotatable bonds is 3. The molecule has 1 aliphatic heterocycles. The summed E-state index contributed by atoms with van der Waals surface area (Å²) in [4.78, 5) is 15.4. The first-order chi connectivity index (χ1) is 10.3. The zero-order chi connectivity index (χ0) is 14.7. The van der Waals surface area contributed by atoms with Gasteiger partial charge in [0.25, 0.3) is 5.91 Å². The fourth-order valence-corrected chi connectivity index (χ4v) is 3.19. The van der Waals surface area contributed by atoms with Crippen molar-refractivity contribution in [2.75, 3.05) is 26.4 Å². The maximum Gasteiger partial charge on any atom is 0.254 e. The van der Waals surface area contributed by atoms with Gasteiger partial charge in [0.2, 0.25) is 0 Å². The molecular formula is C16H17NO3S. The Kier molecular flexibility index (Phi) is 4.34. The molecule has 0 saturated carbocycles. The molecule has 0 bridgehead atoms. The number of hydrogen-bond donors (Lipinski definition) is 1. The van der Waals surface area contributed by atoms with Gasteiger partial charge < -0.3 is 14.7 Å². The summed E-state index contributed by atoms with van der Waals surface area (Å²) in [6.07, 6.45) is 0. The number of ether oxygens (including phenoxy) is 1. The first-order valence-electron chi connectivity index (χ1n) is 6.93. The van der Waals surface area contributed by atoms with Crippen LogP contribution in [0.4, 0.5) is 0 Å². The summed E-state index contributed by atoms with van der Waals surface area (Å²) in [5.74, 6) is -0.0462. The summed E-state index contributed by atoms with van der Waals surface area (Å²) < 4.78 is 5.30. The van der Waals surface area contributed by atoms with E-state index in [-0.39, 0.29) is 18.6 Å². The Balaban J connectivity index is 1.78. The monoisotopic (exact) mass is 303 g/mol. The molecule has 0 aliphatic carbocycles. The normalized spacial score (nSPS) is 18.7. The molecule has 1 aromatic heterocycles. The quantitative estimate of drug-likeness (QED) is 0.946. The van der Waals surface area contributed by atoms with Crippen LogP contribution in [0.15, 0.2) is 41.8 Å². The Hall–Kier alpha value is -1.69. The Morgan fingerprint density at radius 1 is 1.33 bits per heavy atom. The Labute approximate surface area is 127 Å². The molecule has 0 spiro atoms. The minimum atomic E-state index is -0.247. The van der Waals surface area contributed by atoms with Crippen LogP contribution in [0.3, 0.4) is 0 Å². The number of aliphatic hydroxyl groups is 1. The molecule has 1 unspecified atom stereocenters. The number of hydrogen-bond acceptors (Lipinski definition) is 4. The van der Waals surface area contributed by atoms with Gasteiger partial charge >= 0.3 is 0 Å². The van der Waals surface area contributed by atoms with Crippen molar-refractivity contribution >= 4 is 17.2 Å². The van der Waals surface area contributed by atoms with E-state index in [1.807, 2.05) is 35.7 Å². The Morgan fingerprint density at radius 2 is 2.14 bits per heavy atom. The number of carbonyl (C=O) groups excluding carboxylic acids is 1. The minimum Gasteiger partial charge on any atom is -0.394 e. The summed E-state index contributed by atoms with van der Waals surface area (Å²) in [6.45, 7) is 1.38. The number of nitrogens with zero attached hydrogens (tertiary/aromatic N) is 1. The third-order valence-corrected chi connectivity index (χ3v) is 4.56. The van der Waals surface area contributed by atoms with Crippen molar-refractivity contribution < 1.29 is 14.6 Å². The van der Waals surface area contributed by atoms with Crippen molar-refractivity contribution in [1.29, 1.82) is 0 Å². The van der Waals surface area contributed by atoms with Crippen LogP contribution in [0.2, 0.25) is 0 Å². The van der Waals surface area contributed by atoms with Gasteiger partial charge in [-0.15, -0.1) is 11.3 Å². The second kappa shape index (κ2) is 6.39. The van der Waals surface area contributed by atoms with Crippen molar-refractivity contribution in [1.82, 2.24) is 4.90 Å². The average Bonchev–Trinajstić information content (AvgIpc) is 3.09. The van der Waals surface area contributed by atoms with Gasteiger partial charge in [-0.1, -0.05) is 18.2 Å². The highest BCUT2D eigenvalue weighted by atomic mass is 32.1. The fourth-order valence-electron chi connectivity index (χ4n) is 2.46. The van der Waals surface area contributed by atoms with Crippen LogP contribution < -0.4 is 0 Å². The van der Waals surface area contributed by atoms with Gasteiger partial charge in [-0.05, 0) is 29.1 Å². The number of amides is 1. The van der Waals surface area contributed by atoms with Crippen LogP contribution in [-0.4, -0.2) is 48.3 Å². The number of carbonyl (C=O) groups is 1. The van der Waals surface area contributed by atoms with Gasteiger partial charge in [0, 0.05) is 17.0 Å². The molecule has 1 amide bonds. The molecule has 1 aromatic carbocycles. The number of aliphatic hydroxyl groups excluding tert-OH is 1. The SMILES string of the molecule is O=C(c1ccc(-c2cccs2)cc1)N1CCOCC1CO. The van der Waals surface area contributed by atoms with E-state index >= 15 is 0 Å². The molecule has 1 fully saturated rings. The van der Waals surface area contributed by atoms with Crippen molar-refractivity contribution in [3.63, 3.8) is 0 Å². The molecule has 1 N–H and O–H groups in total. The number of benzene rings is 1. The summed E-state index contributed by atoms with van der Waals surface area (Å²) in [5.41, 5.74) is 1.76. The highest BCUT2D eigenvalue weighted by Gasteiger charge is 2.27. The van der Waals surface area contributed by atoms with E-state index in [1.54, 1.807) is 16.2 Å². The molecule has 2 heterocycles. The molecular weight excluding hydrogens is 286 g/mol. The standard InChI is InChI=1S/C16H17NO3S/c18-10-14-11-20-8-7-17(14)16(19)13-5-3-12(4-6-13)15-2-1-9-21-15/h1-6,9,14,18H,7-8,10-11H2. The maximum absolute atomic E-state index is 12.5. The number of thiophene rings is 1. The van der Waals surface area contributed by atoms with Gasteiger partial charge in [-0.25, -0.2) is 0 Å². The number of morpholine rings is 1. The van der Waals surface area contributed by atoms with E-state index in [4.69, 9.17) is 4.74 Å². The van der Waals surface area contributed by atoms with Crippen LogP contribution >= 0.6 is 11.3 Å². The molecule has 4 nitrogen and oxygen atoms in total. The molecule has 1 aliphatic rings. The predicted molar refractivity (Wildman–Crippen MR) is 82.5 cm³/mol. The van der Waals surface area contributed by atoms with Crippen molar-refractivity contribution in [3.05, 3.63) is 47.3 Å². The lowest BCUT2D eigenvalue weighted by Crippen LogP contribution is -2.50. The van der Waals surface area contributed by atoms with E-state index in [1.165, 1.54) is 4.88 Å². The van der Waals surface area contributed by atoms with Crippen molar-refractivity contribution in [3.8, 4) is 10.4 Å². The third-order valence-electron chi connectivity index (χ3n) is 3.64.